The number of aromatic amines is 1. The van der Waals surface area contributed by atoms with Crippen LogP contribution in [0, 0.1) is 0 Å². The van der Waals surface area contributed by atoms with Gasteiger partial charge in [0, 0.05) is 16.8 Å². The van der Waals surface area contributed by atoms with Crippen LogP contribution in [0.1, 0.15) is 0 Å². The fourth-order valence-corrected chi connectivity index (χ4v) is 2.07. The number of ether oxygens (including phenoxy) is 1. The lowest BCUT2D eigenvalue weighted by molar-refractivity contribution is 0.415. The van der Waals surface area contributed by atoms with Gasteiger partial charge in [0.25, 0.3) is 0 Å². The number of halogens is 1. The summed E-state index contributed by atoms with van der Waals surface area (Å²) in [5.41, 5.74) is 2.69. The van der Waals surface area contributed by atoms with Crippen LogP contribution in [0.15, 0.2) is 42.5 Å². The minimum absolute atomic E-state index is 0.672. The molecule has 0 aliphatic carbocycles. The molecular formula is C14H12ClN3O. The Balaban J connectivity index is 1.93. The number of methoxy groups -OCH3 is 1. The third-order valence-corrected chi connectivity index (χ3v) is 3.01. The van der Waals surface area contributed by atoms with E-state index in [9.17, 15) is 0 Å². The highest BCUT2D eigenvalue weighted by molar-refractivity contribution is 6.30. The standard InChI is InChI=1S/C14H12ClN3O/c1-19-11-5-6-12-13(8-11)18-14(17-12)16-10-4-2-3-9(15)7-10/h2-8H,1H3,(H2,16,17,18). The molecule has 0 aliphatic rings. The second-order valence-electron chi connectivity index (χ2n) is 4.10. The molecule has 0 saturated heterocycles. The Kier molecular flexibility index (Phi) is 3.01. The molecule has 0 bridgehead atoms. The van der Waals surface area contributed by atoms with E-state index in [2.05, 4.69) is 15.3 Å². The molecule has 2 N–H and O–H groups in total. The number of hydrogen-bond donors (Lipinski definition) is 2. The second-order valence-corrected chi connectivity index (χ2v) is 4.54. The first-order valence-corrected chi connectivity index (χ1v) is 6.19. The predicted molar refractivity (Wildman–Crippen MR) is 77.4 cm³/mol. The summed E-state index contributed by atoms with van der Waals surface area (Å²) in [7, 11) is 1.64. The molecule has 4 nitrogen and oxygen atoms in total. The topological polar surface area (TPSA) is 49.9 Å². The SMILES string of the molecule is COc1ccc2nc(Nc3cccc(Cl)c3)[nH]c2c1. The number of aromatic nitrogens is 2. The van der Waals surface area contributed by atoms with Gasteiger partial charge in [0.1, 0.15) is 5.75 Å². The molecule has 3 rings (SSSR count). The summed E-state index contributed by atoms with van der Waals surface area (Å²) in [4.78, 5) is 7.64. The third kappa shape index (κ3) is 2.48. The van der Waals surface area contributed by atoms with Gasteiger partial charge in [0.05, 0.1) is 18.1 Å². The highest BCUT2D eigenvalue weighted by Crippen LogP contribution is 2.23. The van der Waals surface area contributed by atoms with E-state index in [0.29, 0.717) is 11.0 Å². The summed E-state index contributed by atoms with van der Waals surface area (Å²) in [6.45, 7) is 0. The number of benzene rings is 2. The Hall–Kier alpha value is -2.20. The summed E-state index contributed by atoms with van der Waals surface area (Å²) < 4.78 is 5.18. The first-order valence-electron chi connectivity index (χ1n) is 5.81. The number of anilines is 2. The molecule has 1 aromatic heterocycles. The maximum atomic E-state index is 5.94. The number of nitrogens with one attached hydrogen (secondary N) is 2. The molecular weight excluding hydrogens is 262 g/mol. The van der Waals surface area contributed by atoms with Crippen LogP contribution in [-0.2, 0) is 0 Å². The zero-order chi connectivity index (χ0) is 13.2. The van der Waals surface area contributed by atoms with Gasteiger partial charge in [0.15, 0.2) is 0 Å². The number of rotatable bonds is 3. The van der Waals surface area contributed by atoms with E-state index in [0.717, 1.165) is 22.5 Å². The summed E-state index contributed by atoms with van der Waals surface area (Å²) in [6, 6.07) is 13.2. The van der Waals surface area contributed by atoms with Crippen LogP contribution in [0.2, 0.25) is 5.02 Å². The molecule has 0 atom stereocenters. The van der Waals surface area contributed by atoms with E-state index in [4.69, 9.17) is 16.3 Å². The van der Waals surface area contributed by atoms with Gasteiger partial charge in [-0.3, -0.25) is 0 Å². The highest BCUT2D eigenvalue weighted by atomic mass is 35.5. The van der Waals surface area contributed by atoms with E-state index in [-0.39, 0.29) is 0 Å². The molecule has 0 radical (unpaired) electrons. The van der Waals surface area contributed by atoms with E-state index in [1.165, 1.54) is 0 Å². The molecule has 5 heteroatoms. The van der Waals surface area contributed by atoms with Crippen molar-refractivity contribution in [3.8, 4) is 5.75 Å². The van der Waals surface area contributed by atoms with E-state index in [1.807, 2.05) is 42.5 Å². The number of nitrogens with zero attached hydrogens (tertiary/aromatic N) is 1. The van der Waals surface area contributed by atoms with E-state index in [1.54, 1.807) is 7.11 Å². The quantitative estimate of drug-likeness (QED) is 0.759. The molecule has 2 aromatic carbocycles. The smallest absolute Gasteiger partial charge is 0.205 e. The largest absolute Gasteiger partial charge is 0.497 e. The van der Waals surface area contributed by atoms with Crippen LogP contribution < -0.4 is 10.1 Å². The van der Waals surface area contributed by atoms with Gasteiger partial charge in [-0.05, 0) is 30.3 Å². The lowest BCUT2D eigenvalue weighted by Gasteiger charge is -2.02. The van der Waals surface area contributed by atoms with Crippen molar-refractivity contribution in [2.75, 3.05) is 12.4 Å². The first kappa shape index (κ1) is 11.9. The average Bonchev–Trinajstić information content (AvgIpc) is 2.79. The summed E-state index contributed by atoms with van der Waals surface area (Å²) >= 11 is 5.94. The van der Waals surface area contributed by atoms with Crippen molar-refractivity contribution in [2.24, 2.45) is 0 Å². The summed E-state index contributed by atoms with van der Waals surface area (Å²) in [6.07, 6.45) is 0. The number of fused-ring (bicyclic) bond motifs is 1. The van der Waals surface area contributed by atoms with Crippen molar-refractivity contribution < 1.29 is 4.74 Å². The number of hydrogen-bond acceptors (Lipinski definition) is 3. The van der Waals surface area contributed by atoms with Crippen LogP contribution in [0.4, 0.5) is 11.6 Å². The molecule has 0 unspecified atom stereocenters. The van der Waals surface area contributed by atoms with Gasteiger partial charge >= 0.3 is 0 Å². The molecule has 0 aliphatic heterocycles. The van der Waals surface area contributed by atoms with Gasteiger partial charge in [-0.15, -0.1) is 0 Å². The van der Waals surface area contributed by atoms with Gasteiger partial charge in [-0.1, -0.05) is 17.7 Å². The molecule has 1 heterocycles. The molecule has 19 heavy (non-hydrogen) atoms. The summed E-state index contributed by atoms with van der Waals surface area (Å²) in [5, 5.41) is 3.86. The fraction of sp³-hybridized carbons (Fsp3) is 0.0714. The van der Waals surface area contributed by atoms with Crippen molar-refractivity contribution in [2.45, 2.75) is 0 Å². The van der Waals surface area contributed by atoms with E-state index >= 15 is 0 Å². The Labute approximate surface area is 115 Å². The van der Waals surface area contributed by atoms with Gasteiger partial charge in [-0.25, -0.2) is 4.98 Å². The lowest BCUT2D eigenvalue weighted by atomic mass is 10.3. The minimum Gasteiger partial charge on any atom is -0.497 e. The molecule has 0 fully saturated rings. The minimum atomic E-state index is 0.672. The van der Waals surface area contributed by atoms with Crippen molar-refractivity contribution >= 4 is 34.3 Å². The average molecular weight is 274 g/mol. The molecule has 3 aromatic rings. The molecule has 96 valence electrons. The van der Waals surface area contributed by atoms with Gasteiger partial charge in [-0.2, -0.15) is 0 Å². The van der Waals surface area contributed by atoms with Gasteiger partial charge in [0.2, 0.25) is 5.95 Å². The monoisotopic (exact) mass is 273 g/mol. The van der Waals surface area contributed by atoms with Crippen LogP contribution in [0.25, 0.3) is 11.0 Å². The third-order valence-electron chi connectivity index (χ3n) is 2.78. The lowest BCUT2D eigenvalue weighted by Crippen LogP contribution is -1.91. The predicted octanol–water partition coefficient (Wildman–Crippen LogP) is 3.97. The Morgan fingerprint density at radius 3 is 2.89 bits per heavy atom. The maximum Gasteiger partial charge on any atom is 0.205 e. The molecule has 0 saturated carbocycles. The first-order chi connectivity index (χ1) is 9.24. The maximum absolute atomic E-state index is 5.94. The van der Waals surface area contributed by atoms with Crippen LogP contribution >= 0.6 is 11.6 Å². The normalized spacial score (nSPS) is 10.6. The Morgan fingerprint density at radius 2 is 2.11 bits per heavy atom. The molecule has 0 spiro atoms. The van der Waals surface area contributed by atoms with Crippen molar-refractivity contribution in [3.05, 3.63) is 47.5 Å². The summed E-state index contributed by atoms with van der Waals surface area (Å²) in [5.74, 6) is 1.47. The van der Waals surface area contributed by atoms with Crippen LogP contribution in [0.3, 0.4) is 0 Å². The Morgan fingerprint density at radius 1 is 1.21 bits per heavy atom. The number of H-pyrrole nitrogens is 1. The highest BCUT2D eigenvalue weighted by Gasteiger charge is 2.04. The van der Waals surface area contributed by atoms with Crippen LogP contribution in [0.5, 0.6) is 5.75 Å². The zero-order valence-corrected chi connectivity index (χ0v) is 11.0. The van der Waals surface area contributed by atoms with Gasteiger partial charge < -0.3 is 15.0 Å². The van der Waals surface area contributed by atoms with Crippen molar-refractivity contribution in [1.29, 1.82) is 0 Å². The van der Waals surface area contributed by atoms with Crippen molar-refractivity contribution in [1.82, 2.24) is 9.97 Å². The Bertz CT molecular complexity index is 724. The van der Waals surface area contributed by atoms with Crippen molar-refractivity contribution in [3.63, 3.8) is 0 Å². The second kappa shape index (κ2) is 4.82. The number of imidazole rings is 1. The zero-order valence-electron chi connectivity index (χ0n) is 10.3. The van der Waals surface area contributed by atoms with E-state index < -0.39 is 0 Å². The van der Waals surface area contributed by atoms with Crippen LogP contribution in [-0.4, -0.2) is 17.1 Å². The molecule has 0 amide bonds. The fourth-order valence-electron chi connectivity index (χ4n) is 1.88.